The van der Waals surface area contributed by atoms with E-state index in [0.717, 1.165) is 0 Å². The maximum atomic E-state index is 11.4. The summed E-state index contributed by atoms with van der Waals surface area (Å²) in [5.74, 6) is -0.0718. The minimum atomic E-state index is -0.572. The first kappa shape index (κ1) is 14.5. The topological polar surface area (TPSA) is 52.6 Å². The van der Waals surface area contributed by atoms with Gasteiger partial charge in [0.15, 0.2) is 6.61 Å². The Balaban J connectivity index is 2.56. The number of rotatable bonds is 4. The van der Waals surface area contributed by atoms with Crippen LogP contribution in [-0.2, 0) is 9.53 Å². The van der Waals surface area contributed by atoms with Crippen LogP contribution < -0.4 is 4.74 Å². The molecule has 18 heavy (non-hydrogen) atoms. The number of hydrogen-bond acceptors (Lipinski definition) is 4. The molecule has 0 radical (unpaired) electrons. The Hall–Kier alpha value is -1.55. The molecule has 0 atom stereocenters. The average molecular weight is 271 g/mol. The van der Waals surface area contributed by atoms with Gasteiger partial charge >= 0.3 is 5.97 Å². The van der Waals surface area contributed by atoms with Crippen LogP contribution in [0.15, 0.2) is 24.3 Å². The Morgan fingerprint density at radius 1 is 1.28 bits per heavy atom. The summed E-state index contributed by atoms with van der Waals surface area (Å²) >= 11 is 5.34. The van der Waals surface area contributed by atoms with Crippen molar-refractivity contribution in [2.75, 3.05) is 6.61 Å². The van der Waals surface area contributed by atoms with Crippen LogP contribution in [0, 0.1) is 0 Å². The van der Waals surface area contributed by atoms with Gasteiger partial charge in [0.1, 0.15) is 11.4 Å². The van der Waals surface area contributed by atoms with Crippen molar-refractivity contribution in [2.24, 2.45) is 0 Å². The number of benzene rings is 1. The third-order valence-corrected chi connectivity index (χ3v) is 2.06. The summed E-state index contributed by atoms with van der Waals surface area (Å²) < 4.78 is 10.3. The van der Waals surface area contributed by atoms with E-state index in [1.54, 1.807) is 39.0 Å². The van der Waals surface area contributed by atoms with Crippen LogP contribution in [0.2, 0.25) is 0 Å². The number of carbonyl (C=O) groups excluding carboxylic acids is 2. The van der Waals surface area contributed by atoms with E-state index in [-0.39, 0.29) is 6.61 Å². The zero-order valence-corrected chi connectivity index (χ0v) is 11.3. The molecule has 1 rings (SSSR count). The van der Waals surface area contributed by atoms with Crippen LogP contribution in [0.4, 0.5) is 0 Å². The van der Waals surface area contributed by atoms with E-state index < -0.39 is 16.8 Å². The Bertz CT molecular complexity index is 449. The highest BCUT2D eigenvalue weighted by Crippen LogP contribution is 2.15. The maximum absolute atomic E-state index is 11.4. The zero-order chi connectivity index (χ0) is 13.8. The molecule has 0 saturated heterocycles. The molecule has 4 nitrogen and oxygen atoms in total. The molecular weight excluding hydrogens is 256 g/mol. The van der Waals surface area contributed by atoms with Gasteiger partial charge in [0, 0.05) is 5.56 Å². The van der Waals surface area contributed by atoms with E-state index in [9.17, 15) is 9.59 Å². The van der Waals surface area contributed by atoms with Gasteiger partial charge in [-0.15, -0.1) is 0 Å². The molecule has 0 heterocycles. The summed E-state index contributed by atoms with van der Waals surface area (Å²) in [6, 6.07) is 6.29. The molecule has 0 unspecified atom stereocenters. The second-order valence-electron chi connectivity index (χ2n) is 4.68. The first-order valence-electron chi connectivity index (χ1n) is 5.42. The van der Waals surface area contributed by atoms with Crippen LogP contribution in [0.3, 0.4) is 0 Å². The van der Waals surface area contributed by atoms with E-state index in [2.05, 4.69) is 0 Å². The van der Waals surface area contributed by atoms with Crippen molar-refractivity contribution in [3.8, 4) is 5.75 Å². The molecule has 5 heteroatoms. The van der Waals surface area contributed by atoms with Crippen LogP contribution in [0.25, 0.3) is 0 Å². The molecule has 0 aliphatic heterocycles. The molecule has 0 fully saturated rings. The zero-order valence-electron chi connectivity index (χ0n) is 10.5. The highest BCUT2D eigenvalue weighted by atomic mass is 35.5. The molecule has 0 aliphatic carbocycles. The van der Waals surface area contributed by atoms with E-state index in [1.165, 1.54) is 6.07 Å². The molecule has 0 spiro atoms. The SMILES string of the molecule is CC(C)(C)OC(=O)COc1cccc(C(=O)Cl)c1. The van der Waals surface area contributed by atoms with Gasteiger partial charge in [-0.3, -0.25) is 4.79 Å². The Labute approximate surface area is 111 Å². The first-order valence-corrected chi connectivity index (χ1v) is 5.80. The number of ether oxygens (including phenoxy) is 2. The van der Waals surface area contributed by atoms with E-state index in [0.29, 0.717) is 11.3 Å². The first-order chi connectivity index (χ1) is 8.28. The smallest absolute Gasteiger partial charge is 0.344 e. The lowest BCUT2D eigenvalue weighted by Gasteiger charge is -2.19. The number of hydrogen-bond donors (Lipinski definition) is 0. The molecule has 1 aromatic carbocycles. The van der Waals surface area contributed by atoms with Crippen molar-refractivity contribution in [3.05, 3.63) is 29.8 Å². The molecule has 0 aliphatic rings. The highest BCUT2D eigenvalue weighted by Gasteiger charge is 2.16. The highest BCUT2D eigenvalue weighted by molar-refractivity contribution is 6.67. The van der Waals surface area contributed by atoms with E-state index in [4.69, 9.17) is 21.1 Å². The standard InChI is InChI=1S/C13H15ClO4/c1-13(2,3)18-11(15)8-17-10-6-4-5-9(7-10)12(14)16/h4-7H,8H2,1-3H3. The van der Waals surface area contributed by atoms with Gasteiger partial charge in [0.2, 0.25) is 0 Å². The third kappa shape index (κ3) is 5.19. The maximum Gasteiger partial charge on any atom is 0.344 e. The number of halogens is 1. The van der Waals surface area contributed by atoms with Gasteiger partial charge in [0.05, 0.1) is 0 Å². The predicted octanol–water partition coefficient (Wildman–Crippen LogP) is 2.79. The van der Waals surface area contributed by atoms with Crippen molar-refractivity contribution in [1.82, 2.24) is 0 Å². The Morgan fingerprint density at radius 3 is 2.50 bits per heavy atom. The summed E-state index contributed by atoms with van der Waals surface area (Å²) in [5, 5.41) is -0.572. The fourth-order valence-electron chi connectivity index (χ4n) is 1.22. The summed E-state index contributed by atoms with van der Waals surface area (Å²) in [6.07, 6.45) is 0. The van der Waals surface area contributed by atoms with Crippen LogP contribution in [0.5, 0.6) is 5.75 Å². The van der Waals surface area contributed by atoms with Gasteiger partial charge in [0.25, 0.3) is 5.24 Å². The van der Waals surface area contributed by atoms with Gasteiger partial charge in [-0.05, 0) is 50.6 Å². The molecule has 0 aromatic heterocycles. The average Bonchev–Trinajstić information content (AvgIpc) is 2.24. The van der Waals surface area contributed by atoms with Crippen molar-refractivity contribution in [1.29, 1.82) is 0 Å². The lowest BCUT2D eigenvalue weighted by atomic mass is 10.2. The van der Waals surface area contributed by atoms with Gasteiger partial charge in [-0.2, -0.15) is 0 Å². The molecule has 0 amide bonds. The van der Waals surface area contributed by atoms with Crippen LogP contribution in [-0.4, -0.2) is 23.4 Å². The fourth-order valence-corrected chi connectivity index (χ4v) is 1.34. The molecule has 0 N–H and O–H groups in total. The van der Waals surface area contributed by atoms with Crippen molar-refractivity contribution in [2.45, 2.75) is 26.4 Å². The lowest BCUT2D eigenvalue weighted by molar-refractivity contribution is -0.157. The van der Waals surface area contributed by atoms with Crippen LogP contribution in [0.1, 0.15) is 31.1 Å². The second-order valence-corrected chi connectivity index (χ2v) is 5.02. The Kier molecular flexibility index (Phi) is 4.73. The lowest BCUT2D eigenvalue weighted by Crippen LogP contribution is -2.27. The second kappa shape index (κ2) is 5.87. The molecular formula is C13H15ClO4. The Morgan fingerprint density at radius 2 is 1.94 bits per heavy atom. The summed E-state index contributed by atoms with van der Waals surface area (Å²) in [6.45, 7) is 5.12. The quantitative estimate of drug-likeness (QED) is 0.624. The summed E-state index contributed by atoms with van der Waals surface area (Å²) in [7, 11) is 0. The third-order valence-electron chi connectivity index (χ3n) is 1.84. The minimum absolute atomic E-state index is 0.211. The van der Waals surface area contributed by atoms with Crippen molar-refractivity contribution < 1.29 is 19.1 Å². The summed E-state index contributed by atoms with van der Waals surface area (Å²) in [4.78, 5) is 22.4. The molecule has 1 aromatic rings. The molecule has 98 valence electrons. The molecule has 0 bridgehead atoms. The van der Waals surface area contributed by atoms with Gasteiger partial charge in [-0.25, -0.2) is 4.79 Å². The summed E-state index contributed by atoms with van der Waals surface area (Å²) in [5.41, 5.74) is -0.229. The van der Waals surface area contributed by atoms with Crippen molar-refractivity contribution in [3.63, 3.8) is 0 Å². The van der Waals surface area contributed by atoms with Gasteiger partial charge in [-0.1, -0.05) is 6.07 Å². The monoisotopic (exact) mass is 270 g/mol. The van der Waals surface area contributed by atoms with E-state index >= 15 is 0 Å². The largest absolute Gasteiger partial charge is 0.482 e. The fraction of sp³-hybridized carbons (Fsp3) is 0.385. The normalized spacial score (nSPS) is 10.9. The van der Waals surface area contributed by atoms with E-state index in [1.807, 2.05) is 0 Å². The number of carbonyl (C=O) groups is 2. The van der Waals surface area contributed by atoms with Gasteiger partial charge < -0.3 is 9.47 Å². The predicted molar refractivity (Wildman–Crippen MR) is 68.0 cm³/mol. The van der Waals surface area contributed by atoms with Crippen LogP contribution >= 0.6 is 11.6 Å². The minimum Gasteiger partial charge on any atom is -0.482 e. The number of esters is 1. The van der Waals surface area contributed by atoms with Crippen molar-refractivity contribution >= 4 is 22.8 Å². The molecule has 0 saturated carbocycles.